The van der Waals surface area contributed by atoms with Gasteiger partial charge >= 0.3 is 5.97 Å². The fourth-order valence-corrected chi connectivity index (χ4v) is 2.11. The van der Waals surface area contributed by atoms with Crippen molar-refractivity contribution in [1.82, 2.24) is 15.0 Å². The minimum Gasteiger partial charge on any atom is -0.456 e. The molecule has 0 aliphatic heterocycles. The lowest BCUT2D eigenvalue weighted by atomic mass is 10.1. The van der Waals surface area contributed by atoms with Gasteiger partial charge in [-0.3, -0.25) is 9.59 Å². The average Bonchev–Trinajstić information content (AvgIpc) is 2.96. The van der Waals surface area contributed by atoms with Crippen LogP contribution in [0.3, 0.4) is 0 Å². The number of halogens is 1. The summed E-state index contributed by atoms with van der Waals surface area (Å²) in [7, 11) is 0. The third kappa shape index (κ3) is 3.23. The second-order valence-corrected chi connectivity index (χ2v) is 4.80. The number of hydrogen-bond donors (Lipinski definition) is 0. The van der Waals surface area contributed by atoms with Crippen LogP contribution in [0.5, 0.6) is 0 Å². The summed E-state index contributed by atoms with van der Waals surface area (Å²) in [4.78, 5) is 23.7. The molecule has 0 amide bonds. The number of Topliss-reactive ketones (excluding diaryl/α,β-unsaturated/α-hetero) is 1. The zero-order chi connectivity index (χ0) is 16.2. The minimum absolute atomic E-state index is 0.105. The predicted octanol–water partition coefficient (Wildman–Crippen LogP) is 2.00. The summed E-state index contributed by atoms with van der Waals surface area (Å²) in [5.74, 6) is -1.89. The number of carbonyl (C=O) groups is 2. The molecule has 7 heteroatoms. The van der Waals surface area contributed by atoms with Crippen LogP contribution >= 0.6 is 0 Å². The van der Waals surface area contributed by atoms with Crippen molar-refractivity contribution in [2.24, 2.45) is 0 Å². The van der Waals surface area contributed by atoms with Crippen molar-refractivity contribution in [1.29, 1.82) is 0 Å². The Balaban J connectivity index is 1.62. The van der Waals surface area contributed by atoms with Gasteiger partial charge in [-0.25, -0.2) is 9.07 Å². The number of rotatable bonds is 5. The van der Waals surface area contributed by atoms with Crippen molar-refractivity contribution >= 4 is 22.8 Å². The van der Waals surface area contributed by atoms with Gasteiger partial charge in [-0.2, -0.15) is 0 Å². The predicted molar refractivity (Wildman–Crippen MR) is 79.2 cm³/mol. The van der Waals surface area contributed by atoms with Crippen molar-refractivity contribution in [3.63, 3.8) is 0 Å². The van der Waals surface area contributed by atoms with Crippen LogP contribution in [0.25, 0.3) is 11.0 Å². The maximum atomic E-state index is 13.5. The number of nitrogens with zero attached hydrogens (tertiary/aromatic N) is 3. The molecule has 116 valence electrons. The molecule has 0 bridgehead atoms. The Hall–Kier alpha value is -3.09. The highest BCUT2D eigenvalue weighted by Crippen LogP contribution is 2.10. The van der Waals surface area contributed by atoms with E-state index in [4.69, 9.17) is 4.74 Å². The van der Waals surface area contributed by atoms with Crippen LogP contribution in [-0.2, 0) is 16.1 Å². The number of esters is 1. The highest BCUT2D eigenvalue weighted by atomic mass is 19.1. The zero-order valence-corrected chi connectivity index (χ0v) is 12.0. The largest absolute Gasteiger partial charge is 0.456 e. The van der Waals surface area contributed by atoms with E-state index in [1.807, 2.05) is 6.07 Å². The molecule has 1 aromatic heterocycles. The summed E-state index contributed by atoms with van der Waals surface area (Å²) in [6.45, 7) is -0.697. The number of fused-ring (bicyclic) bond motifs is 1. The maximum Gasteiger partial charge on any atom is 0.328 e. The smallest absolute Gasteiger partial charge is 0.328 e. The van der Waals surface area contributed by atoms with Crippen LogP contribution in [-0.4, -0.2) is 33.4 Å². The lowest BCUT2D eigenvalue weighted by Crippen LogP contribution is -2.19. The van der Waals surface area contributed by atoms with Gasteiger partial charge in [-0.05, 0) is 24.3 Å². The van der Waals surface area contributed by atoms with Gasteiger partial charge in [0.15, 0.2) is 6.61 Å². The molecule has 0 unspecified atom stereocenters. The van der Waals surface area contributed by atoms with E-state index in [0.717, 1.165) is 0 Å². The Morgan fingerprint density at radius 3 is 2.65 bits per heavy atom. The van der Waals surface area contributed by atoms with E-state index in [2.05, 4.69) is 10.3 Å². The first kappa shape index (κ1) is 14.8. The van der Waals surface area contributed by atoms with Crippen molar-refractivity contribution in [3.8, 4) is 0 Å². The third-order valence-electron chi connectivity index (χ3n) is 3.24. The second kappa shape index (κ2) is 6.35. The van der Waals surface area contributed by atoms with Crippen molar-refractivity contribution in [3.05, 3.63) is 59.9 Å². The molecule has 0 aliphatic carbocycles. The normalized spacial score (nSPS) is 10.7. The first-order valence-electron chi connectivity index (χ1n) is 6.87. The molecule has 0 atom stereocenters. The summed E-state index contributed by atoms with van der Waals surface area (Å²) in [6, 6.07) is 12.7. The lowest BCUT2D eigenvalue weighted by Gasteiger charge is -2.05. The number of ether oxygens (including phenoxy) is 1. The number of para-hydroxylation sites is 1. The Labute approximate surface area is 130 Å². The maximum absolute atomic E-state index is 13.5. The number of aromatic nitrogens is 3. The van der Waals surface area contributed by atoms with Crippen LogP contribution in [0.2, 0.25) is 0 Å². The summed E-state index contributed by atoms with van der Waals surface area (Å²) < 4.78 is 19.7. The fourth-order valence-electron chi connectivity index (χ4n) is 2.11. The van der Waals surface area contributed by atoms with Crippen molar-refractivity contribution < 1.29 is 18.7 Å². The van der Waals surface area contributed by atoms with Crippen LogP contribution in [0, 0.1) is 5.82 Å². The molecule has 0 N–H and O–H groups in total. The second-order valence-electron chi connectivity index (χ2n) is 4.80. The minimum atomic E-state index is -0.648. The molecule has 0 saturated carbocycles. The van der Waals surface area contributed by atoms with Crippen LogP contribution < -0.4 is 0 Å². The number of ketones is 1. The molecule has 0 aliphatic rings. The number of hydrogen-bond acceptors (Lipinski definition) is 5. The molecule has 0 saturated heterocycles. The molecule has 3 aromatic rings. The molecule has 2 aromatic carbocycles. The van der Waals surface area contributed by atoms with Gasteiger partial charge in [0.2, 0.25) is 5.78 Å². The highest BCUT2D eigenvalue weighted by Gasteiger charge is 2.15. The Bertz CT molecular complexity index is 876. The molecule has 3 rings (SSSR count). The summed E-state index contributed by atoms with van der Waals surface area (Å²) in [5.41, 5.74) is 1.24. The van der Waals surface area contributed by atoms with E-state index in [1.54, 1.807) is 24.3 Å². The molecular formula is C16H12FN3O3. The van der Waals surface area contributed by atoms with E-state index in [0.29, 0.717) is 11.0 Å². The number of carbonyl (C=O) groups excluding carboxylic acids is 2. The Morgan fingerprint density at radius 1 is 1.09 bits per heavy atom. The topological polar surface area (TPSA) is 74.1 Å². The van der Waals surface area contributed by atoms with Gasteiger partial charge in [-0.15, -0.1) is 5.10 Å². The van der Waals surface area contributed by atoms with E-state index < -0.39 is 24.2 Å². The standard InChI is InChI=1S/C16H12FN3O3/c17-12-6-2-1-5-11(12)15(21)10-23-16(22)9-20-14-8-4-3-7-13(14)18-19-20/h1-8H,9-10H2. The van der Waals surface area contributed by atoms with Gasteiger partial charge in [0.05, 0.1) is 11.1 Å². The third-order valence-corrected chi connectivity index (χ3v) is 3.24. The van der Waals surface area contributed by atoms with Gasteiger partial charge in [0.1, 0.15) is 17.9 Å². The van der Waals surface area contributed by atoms with Gasteiger partial charge in [0.25, 0.3) is 0 Å². The molecular weight excluding hydrogens is 301 g/mol. The van der Waals surface area contributed by atoms with Crippen LogP contribution in [0.4, 0.5) is 4.39 Å². The van der Waals surface area contributed by atoms with E-state index in [-0.39, 0.29) is 12.1 Å². The first-order valence-corrected chi connectivity index (χ1v) is 6.87. The molecule has 0 spiro atoms. The average molecular weight is 313 g/mol. The monoisotopic (exact) mass is 313 g/mol. The van der Waals surface area contributed by atoms with Crippen LogP contribution in [0.1, 0.15) is 10.4 Å². The molecule has 0 fully saturated rings. The Kier molecular flexibility index (Phi) is 4.09. The zero-order valence-electron chi connectivity index (χ0n) is 12.0. The van der Waals surface area contributed by atoms with Gasteiger partial charge < -0.3 is 4.74 Å². The lowest BCUT2D eigenvalue weighted by molar-refractivity contribution is -0.143. The fraction of sp³-hybridized carbons (Fsp3) is 0.125. The van der Waals surface area contributed by atoms with Crippen molar-refractivity contribution in [2.75, 3.05) is 6.61 Å². The van der Waals surface area contributed by atoms with Gasteiger partial charge in [0, 0.05) is 0 Å². The molecule has 1 heterocycles. The molecule has 23 heavy (non-hydrogen) atoms. The molecule has 6 nitrogen and oxygen atoms in total. The van der Waals surface area contributed by atoms with Crippen LogP contribution in [0.15, 0.2) is 48.5 Å². The summed E-state index contributed by atoms with van der Waals surface area (Å²) in [6.07, 6.45) is 0. The quantitative estimate of drug-likeness (QED) is 0.532. The highest BCUT2D eigenvalue weighted by molar-refractivity contribution is 5.98. The molecule has 0 radical (unpaired) electrons. The Morgan fingerprint density at radius 2 is 1.83 bits per heavy atom. The SMILES string of the molecule is O=C(Cn1nnc2ccccc21)OCC(=O)c1ccccc1F. The van der Waals surface area contributed by atoms with Crippen molar-refractivity contribution in [2.45, 2.75) is 6.54 Å². The summed E-state index contributed by atoms with van der Waals surface area (Å²) >= 11 is 0. The first-order chi connectivity index (χ1) is 11.1. The van der Waals surface area contributed by atoms with E-state index in [1.165, 1.54) is 22.9 Å². The van der Waals surface area contributed by atoms with E-state index in [9.17, 15) is 14.0 Å². The van der Waals surface area contributed by atoms with E-state index >= 15 is 0 Å². The number of benzene rings is 2. The van der Waals surface area contributed by atoms with Gasteiger partial charge in [-0.1, -0.05) is 29.5 Å². The summed E-state index contributed by atoms with van der Waals surface area (Å²) in [5, 5.41) is 7.77.